The topological polar surface area (TPSA) is 104 Å². The predicted molar refractivity (Wildman–Crippen MR) is 85.6 cm³/mol. The number of aromatic nitrogens is 1. The highest BCUT2D eigenvalue weighted by Crippen LogP contribution is 2.25. The number of H-pyrrole nitrogens is 1. The van der Waals surface area contributed by atoms with Gasteiger partial charge in [0.05, 0.1) is 17.9 Å². The zero-order chi connectivity index (χ0) is 17.3. The Morgan fingerprint density at radius 3 is 2.75 bits per heavy atom. The summed E-state index contributed by atoms with van der Waals surface area (Å²) >= 11 is 0. The normalized spacial score (nSPS) is 20.8. The minimum Gasteiger partial charge on any atom is -0.481 e. The van der Waals surface area contributed by atoms with E-state index in [9.17, 15) is 19.5 Å². The summed E-state index contributed by atoms with van der Waals surface area (Å²) in [5.41, 5.74) is -0.0293. The van der Waals surface area contributed by atoms with Gasteiger partial charge in [0.2, 0.25) is 0 Å². The lowest BCUT2D eigenvalue weighted by Crippen LogP contribution is -2.50. The van der Waals surface area contributed by atoms with E-state index in [0.717, 1.165) is 0 Å². The number of carboxylic acids is 1. The number of hydrogen-bond acceptors (Lipinski definition) is 4. The molecule has 1 aliphatic rings. The van der Waals surface area contributed by atoms with Gasteiger partial charge in [-0.1, -0.05) is 0 Å². The molecule has 0 aliphatic carbocycles. The molecule has 7 heteroatoms. The lowest BCUT2D eigenvalue weighted by molar-refractivity contribution is -0.144. The molecule has 0 bridgehead atoms. The standard InChI is InChI=1S/C17H18N2O5/c1-10-11(17(22)23)4-2-8-19(10)16(21)12-6-7-13(18-15(12)20)14-5-3-9-24-14/h3,5-7,9-11H,2,4,8H2,1H3,(H,18,20)(H,22,23)/t10-,11-/m1/s1. The Labute approximate surface area is 137 Å². The number of nitrogens with one attached hydrogen (secondary N) is 1. The Morgan fingerprint density at radius 1 is 1.33 bits per heavy atom. The van der Waals surface area contributed by atoms with Crippen molar-refractivity contribution in [3.05, 3.63) is 46.4 Å². The molecule has 3 heterocycles. The maximum Gasteiger partial charge on any atom is 0.308 e. The molecule has 1 fully saturated rings. The van der Waals surface area contributed by atoms with Crippen molar-refractivity contribution in [3.63, 3.8) is 0 Å². The van der Waals surface area contributed by atoms with Crippen molar-refractivity contribution in [1.29, 1.82) is 0 Å². The largest absolute Gasteiger partial charge is 0.481 e. The third-order valence-electron chi connectivity index (χ3n) is 4.49. The highest BCUT2D eigenvalue weighted by atomic mass is 16.4. The zero-order valence-electron chi connectivity index (χ0n) is 13.2. The van der Waals surface area contributed by atoms with Crippen LogP contribution in [0.2, 0.25) is 0 Å². The first-order valence-electron chi connectivity index (χ1n) is 7.80. The van der Waals surface area contributed by atoms with Gasteiger partial charge in [-0.3, -0.25) is 14.4 Å². The Bertz CT molecular complexity index is 809. The van der Waals surface area contributed by atoms with Crippen molar-refractivity contribution in [1.82, 2.24) is 9.88 Å². The van der Waals surface area contributed by atoms with Crippen LogP contribution in [0.25, 0.3) is 11.5 Å². The monoisotopic (exact) mass is 330 g/mol. The van der Waals surface area contributed by atoms with Gasteiger partial charge in [0.1, 0.15) is 11.3 Å². The number of piperidine rings is 1. The highest BCUT2D eigenvalue weighted by Gasteiger charge is 2.36. The van der Waals surface area contributed by atoms with Crippen molar-refractivity contribution in [2.24, 2.45) is 5.92 Å². The number of pyridine rings is 1. The summed E-state index contributed by atoms with van der Waals surface area (Å²) in [4.78, 5) is 40.4. The van der Waals surface area contributed by atoms with E-state index in [1.807, 2.05) is 0 Å². The molecule has 0 saturated carbocycles. The Hall–Kier alpha value is -2.83. The predicted octanol–water partition coefficient (Wildman–Crippen LogP) is 1.96. The van der Waals surface area contributed by atoms with Gasteiger partial charge in [0, 0.05) is 12.6 Å². The fraction of sp³-hybridized carbons (Fsp3) is 0.353. The Kier molecular flexibility index (Phi) is 4.24. The maximum absolute atomic E-state index is 12.7. The summed E-state index contributed by atoms with van der Waals surface area (Å²) in [6.45, 7) is 2.16. The van der Waals surface area contributed by atoms with E-state index < -0.39 is 29.4 Å². The second-order valence-electron chi connectivity index (χ2n) is 5.92. The van der Waals surface area contributed by atoms with Gasteiger partial charge in [-0.25, -0.2) is 0 Å². The minimum absolute atomic E-state index is 0.00296. The van der Waals surface area contributed by atoms with Crippen LogP contribution in [0.1, 0.15) is 30.1 Å². The number of carboxylic acid groups (broad SMARTS) is 1. The number of carbonyl (C=O) groups is 2. The van der Waals surface area contributed by atoms with Gasteiger partial charge in [-0.05, 0) is 44.0 Å². The Balaban J connectivity index is 1.87. The van der Waals surface area contributed by atoms with Crippen LogP contribution in [0.3, 0.4) is 0 Å². The van der Waals surface area contributed by atoms with E-state index in [1.165, 1.54) is 17.2 Å². The smallest absolute Gasteiger partial charge is 0.308 e. The van der Waals surface area contributed by atoms with Gasteiger partial charge >= 0.3 is 5.97 Å². The first kappa shape index (κ1) is 16.0. The molecule has 7 nitrogen and oxygen atoms in total. The molecule has 1 aliphatic heterocycles. The number of hydrogen-bond donors (Lipinski definition) is 2. The molecule has 0 spiro atoms. The van der Waals surface area contributed by atoms with Crippen molar-refractivity contribution in [3.8, 4) is 11.5 Å². The number of furan rings is 1. The molecule has 0 radical (unpaired) electrons. The number of nitrogens with zero attached hydrogens (tertiary/aromatic N) is 1. The third kappa shape index (κ3) is 2.84. The second-order valence-corrected chi connectivity index (χ2v) is 5.92. The molecule has 126 valence electrons. The number of amides is 1. The molecule has 2 aromatic rings. The van der Waals surface area contributed by atoms with Crippen molar-refractivity contribution >= 4 is 11.9 Å². The average Bonchev–Trinajstić information content (AvgIpc) is 3.08. The summed E-state index contributed by atoms with van der Waals surface area (Å²) in [5, 5.41) is 9.26. The molecule has 24 heavy (non-hydrogen) atoms. The van der Waals surface area contributed by atoms with Crippen LogP contribution in [0, 0.1) is 5.92 Å². The quantitative estimate of drug-likeness (QED) is 0.895. The maximum atomic E-state index is 12.7. The third-order valence-corrected chi connectivity index (χ3v) is 4.49. The summed E-state index contributed by atoms with van der Waals surface area (Å²) in [7, 11) is 0. The van der Waals surface area contributed by atoms with Crippen LogP contribution in [-0.4, -0.2) is 39.5 Å². The van der Waals surface area contributed by atoms with E-state index in [0.29, 0.717) is 30.8 Å². The fourth-order valence-electron chi connectivity index (χ4n) is 3.13. The van der Waals surface area contributed by atoms with E-state index in [-0.39, 0.29) is 5.56 Å². The van der Waals surface area contributed by atoms with Crippen LogP contribution >= 0.6 is 0 Å². The first-order valence-corrected chi connectivity index (χ1v) is 7.80. The number of likely N-dealkylation sites (tertiary alicyclic amines) is 1. The van der Waals surface area contributed by atoms with Gasteiger partial charge in [0.25, 0.3) is 11.5 Å². The number of aromatic amines is 1. The van der Waals surface area contributed by atoms with Gasteiger partial charge in [-0.15, -0.1) is 0 Å². The number of aliphatic carboxylic acids is 1. The summed E-state index contributed by atoms with van der Waals surface area (Å²) in [6.07, 6.45) is 2.64. The Morgan fingerprint density at radius 2 is 2.12 bits per heavy atom. The molecule has 2 N–H and O–H groups in total. The summed E-state index contributed by atoms with van der Waals surface area (Å²) in [6, 6.07) is 6.02. The van der Waals surface area contributed by atoms with Crippen LogP contribution in [-0.2, 0) is 4.79 Å². The molecule has 1 saturated heterocycles. The fourth-order valence-corrected chi connectivity index (χ4v) is 3.13. The zero-order valence-corrected chi connectivity index (χ0v) is 13.2. The van der Waals surface area contributed by atoms with Crippen molar-refractivity contribution in [2.45, 2.75) is 25.8 Å². The van der Waals surface area contributed by atoms with Gasteiger partial charge in [-0.2, -0.15) is 0 Å². The molecule has 2 aromatic heterocycles. The molecule has 0 unspecified atom stereocenters. The average molecular weight is 330 g/mol. The highest BCUT2D eigenvalue weighted by molar-refractivity contribution is 5.94. The number of rotatable bonds is 3. The SMILES string of the molecule is C[C@@H]1[C@H](C(=O)O)CCCN1C(=O)c1ccc(-c2ccco2)[nH]c1=O. The van der Waals surface area contributed by atoms with Crippen LogP contribution in [0.5, 0.6) is 0 Å². The van der Waals surface area contributed by atoms with Crippen molar-refractivity contribution < 1.29 is 19.1 Å². The lowest BCUT2D eigenvalue weighted by Gasteiger charge is -2.37. The summed E-state index contributed by atoms with van der Waals surface area (Å²) in [5.74, 6) is -1.46. The van der Waals surface area contributed by atoms with E-state index in [4.69, 9.17) is 4.42 Å². The van der Waals surface area contributed by atoms with Gasteiger partial charge in [0.15, 0.2) is 0 Å². The van der Waals surface area contributed by atoms with E-state index in [1.54, 1.807) is 25.1 Å². The molecule has 3 rings (SSSR count). The lowest BCUT2D eigenvalue weighted by atomic mass is 9.90. The summed E-state index contributed by atoms with van der Waals surface area (Å²) < 4.78 is 5.22. The molecule has 2 atom stereocenters. The van der Waals surface area contributed by atoms with Crippen molar-refractivity contribution in [2.75, 3.05) is 6.54 Å². The minimum atomic E-state index is -0.915. The van der Waals surface area contributed by atoms with Crippen LogP contribution < -0.4 is 5.56 Å². The molecular weight excluding hydrogens is 312 g/mol. The van der Waals surface area contributed by atoms with Gasteiger partial charge < -0.3 is 19.4 Å². The number of carbonyl (C=O) groups excluding carboxylic acids is 1. The second kappa shape index (κ2) is 6.35. The van der Waals surface area contributed by atoms with Crippen LogP contribution in [0.4, 0.5) is 0 Å². The molecule has 0 aromatic carbocycles. The van der Waals surface area contributed by atoms with Crippen LogP contribution in [0.15, 0.2) is 39.7 Å². The van der Waals surface area contributed by atoms with E-state index >= 15 is 0 Å². The molecule has 1 amide bonds. The first-order chi connectivity index (χ1) is 11.5. The molecular formula is C17H18N2O5. The van der Waals surface area contributed by atoms with E-state index in [2.05, 4.69) is 4.98 Å².